The molecule has 3 aromatic rings. The van der Waals surface area contributed by atoms with Gasteiger partial charge in [0.15, 0.2) is 0 Å². The molecular formula is C34H41ClN2O7S. The summed E-state index contributed by atoms with van der Waals surface area (Å²) >= 11 is 6.08. The summed E-state index contributed by atoms with van der Waals surface area (Å²) in [7, 11) is -2.37. The van der Waals surface area contributed by atoms with Crippen LogP contribution in [0.3, 0.4) is 0 Å². The zero-order valence-corrected chi connectivity index (χ0v) is 27.7. The maximum absolute atomic E-state index is 13.4. The van der Waals surface area contributed by atoms with E-state index in [1.54, 1.807) is 93.6 Å². The van der Waals surface area contributed by atoms with Crippen molar-refractivity contribution in [3.63, 3.8) is 0 Å². The van der Waals surface area contributed by atoms with E-state index in [-0.39, 0.29) is 34.9 Å². The molecule has 1 aliphatic rings. The first-order chi connectivity index (χ1) is 21.3. The molecule has 242 valence electrons. The van der Waals surface area contributed by atoms with Gasteiger partial charge >= 0.3 is 12.1 Å². The summed E-state index contributed by atoms with van der Waals surface area (Å²) < 4.78 is 37.2. The Bertz CT molecular complexity index is 1570. The standard InChI is InChI=1S/C34H41ClN2O7S/c1-34(2,3)44-33(40)37(23-31(38)26-7-5-8-27(35)21-26)20-18-24-10-14-28(15-11-24)45(41,42)29-16-12-25(13-17-29)22-36-19-6-9-30(36)32(39)43-4/h5,7-8,10-17,21,30-31,38H,6,9,18-20,22-23H2,1-4H3/t30-,31-/m0/s1. The Labute approximate surface area is 270 Å². The second-order valence-electron chi connectivity index (χ2n) is 12.2. The third kappa shape index (κ3) is 9.29. The quantitative estimate of drug-likeness (QED) is 0.257. The first-order valence-corrected chi connectivity index (χ1v) is 16.8. The first kappa shape index (κ1) is 34.4. The van der Waals surface area contributed by atoms with E-state index in [0.29, 0.717) is 23.6 Å². The lowest BCUT2D eigenvalue weighted by Gasteiger charge is -2.29. The van der Waals surface area contributed by atoms with Gasteiger partial charge in [0.25, 0.3) is 0 Å². The van der Waals surface area contributed by atoms with Gasteiger partial charge in [0.05, 0.1) is 29.5 Å². The number of carbonyl (C=O) groups is 2. The molecule has 0 saturated carbocycles. The predicted molar refractivity (Wildman–Crippen MR) is 172 cm³/mol. The van der Waals surface area contributed by atoms with Gasteiger partial charge in [-0.1, -0.05) is 48.0 Å². The number of hydrogen-bond acceptors (Lipinski definition) is 8. The van der Waals surface area contributed by atoms with Crippen molar-refractivity contribution >= 4 is 33.5 Å². The Kier molecular flexibility index (Phi) is 11.3. The molecule has 11 heteroatoms. The minimum Gasteiger partial charge on any atom is -0.468 e. The molecule has 0 radical (unpaired) electrons. The maximum Gasteiger partial charge on any atom is 0.410 e. The molecule has 1 N–H and O–H groups in total. The molecule has 1 aliphatic heterocycles. The van der Waals surface area contributed by atoms with E-state index in [2.05, 4.69) is 4.90 Å². The van der Waals surface area contributed by atoms with Crippen molar-refractivity contribution < 1.29 is 32.6 Å². The summed E-state index contributed by atoms with van der Waals surface area (Å²) in [6, 6.07) is 19.9. The Morgan fingerprint density at radius 3 is 2.22 bits per heavy atom. The van der Waals surface area contributed by atoms with Gasteiger partial charge in [0.2, 0.25) is 9.84 Å². The van der Waals surface area contributed by atoms with Crippen LogP contribution >= 0.6 is 11.6 Å². The number of esters is 1. The van der Waals surface area contributed by atoms with Crippen LogP contribution in [-0.2, 0) is 37.1 Å². The largest absolute Gasteiger partial charge is 0.468 e. The molecule has 1 heterocycles. The van der Waals surface area contributed by atoms with E-state index >= 15 is 0 Å². The number of hydrogen-bond donors (Lipinski definition) is 1. The lowest BCUT2D eigenvalue weighted by molar-refractivity contribution is -0.146. The van der Waals surface area contributed by atoms with E-state index in [1.165, 1.54) is 12.0 Å². The Balaban J connectivity index is 1.41. The topological polar surface area (TPSA) is 113 Å². The number of nitrogens with zero attached hydrogens (tertiary/aromatic N) is 2. The molecule has 0 aromatic heterocycles. The molecule has 0 spiro atoms. The molecule has 45 heavy (non-hydrogen) atoms. The van der Waals surface area contributed by atoms with Crippen LogP contribution in [0.25, 0.3) is 0 Å². The summed E-state index contributed by atoms with van der Waals surface area (Å²) in [6.07, 6.45) is 0.543. The fourth-order valence-electron chi connectivity index (χ4n) is 5.27. The molecule has 1 amide bonds. The maximum atomic E-state index is 13.4. The summed E-state index contributed by atoms with van der Waals surface area (Å²) in [4.78, 5) is 28.9. The van der Waals surface area contributed by atoms with Crippen molar-refractivity contribution in [1.82, 2.24) is 9.80 Å². The highest BCUT2D eigenvalue weighted by atomic mass is 35.5. The van der Waals surface area contributed by atoms with Crippen molar-refractivity contribution in [2.24, 2.45) is 0 Å². The van der Waals surface area contributed by atoms with Gasteiger partial charge in [-0.3, -0.25) is 9.69 Å². The van der Waals surface area contributed by atoms with E-state index in [0.717, 1.165) is 30.5 Å². The minimum absolute atomic E-state index is 0.00117. The van der Waals surface area contributed by atoms with Gasteiger partial charge in [-0.25, -0.2) is 13.2 Å². The normalized spacial score (nSPS) is 16.3. The molecule has 4 rings (SSSR count). The predicted octanol–water partition coefficient (Wildman–Crippen LogP) is 5.82. The number of benzene rings is 3. The van der Waals surface area contributed by atoms with Crippen LogP contribution in [0.1, 0.15) is 56.4 Å². The van der Waals surface area contributed by atoms with E-state index in [4.69, 9.17) is 21.1 Å². The molecule has 0 aliphatic carbocycles. The second kappa shape index (κ2) is 14.8. The SMILES string of the molecule is COC(=O)[C@@H]1CCCN1Cc1ccc(S(=O)(=O)c2ccc(CCN(C[C@H](O)c3cccc(Cl)c3)C(=O)OC(C)(C)C)cc2)cc1. The van der Waals surface area contributed by atoms with E-state index < -0.39 is 27.6 Å². The number of aliphatic hydroxyl groups excluding tert-OH is 1. The second-order valence-corrected chi connectivity index (χ2v) is 14.6. The summed E-state index contributed by atoms with van der Waals surface area (Å²) in [6.45, 7) is 6.88. The van der Waals surface area contributed by atoms with Crippen molar-refractivity contribution in [2.45, 2.75) is 74.1 Å². The third-order valence-corrected chi connectivity index (χ3v) is 9.66. The highest BCUT2D eigenvalue weighted by molar-refractivity contribution is 7.91. The molecule has 1 saturated heterocycles. The highest BCUT2D eigenvalue weighted by Crippen LogP contribution is 2.25. The minimum atomic E-state index is -3.76. The molecule has 0 unspecified atom stereocenters. The molecule has 0 bridgehead atoms. The first-order valence-electron chi connectivity index (χ1n) is 14.9. The lowest BCUT2D eigenvalue weighted by atomic mass is 10.1. The molecule has 3 aromatic carbocycles. The number of aliphatic hydroxyl groups is 1. The van der Waals surface area contributed by atoms with Crippen molar-refractivity contribution in [2.75, 3.05) is 26.7 Å². The average molecular weight is 657 g/mol. The smallest absolute Gasteiger partial charge is 0.410 e. The monoisotopic (exact) mass is 656 g/mol. The molecule has 2 atom stereocenters. The van der Waals surface area contributed by atoms with Crippen LogP contribution < -0.4 is 0 Å². The zero-order valence-electron chi connectivity index (χ0n) is 26.1. The van der Waals surface area contributed by atoms with Crippen LogP contribution in [0, 0.1) is 0 Å². The van der Waals surface area contributed by atoms with Gasteiger partial charge in [-0.05, 0) is 99.7 Å². The van der Waals surface area contributed by atoms with E-state index in [9.17, 15) is 23.1 Å². The molecule has 9 nitrogen and oxygen atoms in total. The number of ether oxygens (including phenoxy) is 2. The number of rotatable bonds is 11. The Morgan fingerprint density at radius 2 is 1.64 bits per heavy atom. The van der Waals surface area contributed by atoms with Crippen LogP contribution in [0.15, 0.2) is 82.6 Å². The van der Waals surface area contributed by atoms with Crippen molar-refractivity contribution in [1.29, 1.82) is 0 Å². The van der Waals surface area contributed by atoms with Crippen molar-refractivity contribution in [3.05, 3.63) is 94.5 Å². The lowest BCUT2D eigenvalue weighted by Crippen LogP contribution is -2.40. The van der Waals surface area contributed by atoms with Crippen molar-refractivity contribution in [3.8, 4) is 0 Å². The number of halogens is 1. The molecular weight excluding hydrogens is 616 g/mol. The van der Waals surface area contributed by atoms with Gasteiger partial charge in [-0.15, -0.1) is 0 Å². The van der Waals surface area contributed by atoms with Crippen LogP contribution in [0.4, 0.5) is 4.79 Å². The Hall–Kier alpha value is -3.44. The highest BCUT2D eigenvalue weighted by Gasteiger charge is 2.31. The average Bonchev–Trinajstić information content (AvgIpc) is 3.46. The Morgan fingerprint density at radius 1 is 1.02 bits per heavy atom. The van der Waals surface area contributed by atoms with Gasteiger partial charge in [0.1, 0.15) is 11.6 Å². The number of sulfone groups is 1. The van der Waals surface area contributed by atoms with E-state index in [1.807, 2.05) is 0 Å². The number of amides is 1. The molecule has 1 fully saturated rings. The number of carbonyl (C=O) groups excluding carboxylic acids is 2. The summed E-state index contributed by atoms with van der Waals surface area (Å²) in [5.74, 6) is -0.247. The summed E-state index contributed by atoms with van der Waals surface area (Å²) in [5, 5.41) is 11.3. The van der Waals surface area contributed by atoms with Gasteiger partial charge in [0, 0.05) is 18.1 Å². The van der Waals surface area contributed by atoms with Crippen LogP contribution in [0.2, 0.25) is 5.02 Å². The fourth-order valence-corrected chi connectivity index (χ4v) is 6.73. The van der Waals surface area contributed by atoms with Crippen LogP contribution in [0.5, 0.6) is 0 Å². The van der Waals surface area contributed by atoms with Gasteiger partial charge < -0.3 is 19.5 Å². The third-order valence-electron chi connectivity index (χ3n) is 7.64. The van der Waals surface area contributed by atoms with Crippen LogP contribution in [-0.4, -0.2) is 73.8 Å². The zero-order chi connectivity index (χ0) is 32.8. The summed E-state index contributed by atoms with van der Waals surface area (Å²) in [5.41, 5.74) is 1.60. The number of methoxy groups -OCH3 is 1. The fraction of sp³-hybridized carbons (Fsp3) is 0.412. The number of likely N-dealkylation sites (tertiary alicyclic amines) is 1. The van der Waals surface area contributed by atoms with Gasteiger partial charge in [-0.2, -0.15) is 0 Å².